The number of hydrogen-bond donors (Lipinski definition) is 1. The summed E-state index contributed by atoms with van der Waals surface area (Å²) in [6, 6.07) is 10.7. The van der Waals surface area contributed by atoms with Gasteiger partial charge in [0.05, 0.1) is 0 Å². The molecule has 20 heavy (non-hydrogen) atoms. The van der Waals surface area contributed by atoms with Crippen LogP contribution in [-0.4, -0.2) is 12.1 Å². The van der Waals surface area contributed by atoms with E-state index >= 15 is 0 Å². The largest absolute Gasteiger partial charge is 0.307 e. The second kappa shape index (κ2) is 7.06. The van der Waals surface area contributed by atoms with Crippen molar-refractivity contribution in [1.29, 1.82) is 0 Å². The van der Waals surface area contributed by atoms with E-state index in [-0.39, 0.29) is 5.54 Å². The van der Waals surface area contributed by atoms with E-state index in [1.807, 2.05) is 6.08 Å². The summed E-state index contributed by atoms with van der Waals surface area (Å²) in [4.78, 5) is 0. The van der Waals surface area contributed by atoms with E-state index in [1.165, 1.54) is 5.56 Å². The third-order valence-corrected chi connectivity index (χ3v) is 3.72. The summed E-state index contributed by atoms with van der Waals surface area (Å²) in [5, 5.41) is 3.70. The normalized spacial score (nSPS) is 20.8. The molecule has 0 saturated carbocycles. The first kappa shape index (κ1) is 14.5. The summed E-state index contributed by atoms with van der Waals surface area (Å²) in [5.41, 5.74) is 2.47. The number of nitrogens with one attached hydrogen (secondary N) is 1. The lowest BCUT2D eigenvalue weighted by Gasteiger charge is -2.33. The van der Waals surface area contributed by atoms with Crippen LogP contribution in [0.15, 0.2) is 79.4 Å². The Morgan fingerprint density at radius 3 is 2.70 bits per heavy atom. The van der Waals surface area contributed by atoms with Crippen LogP contribution >= 0.6 is 0 Å². The van der Waals surface area contributed by atoms with E-state index in [0.29, 0.717) is 0 Å². The summed E-state index contributed by atoms with van der Waals surface area (Å²) in [6.07, 6.45) is 13.6. The Morgan fingerprint density at radius 2 is 2.05 bits per heavy atom. The first-order chi connectivity index (χ1) is 9.74. The van der Waals surface area contributed by atoms with Gasteiger partial charge >= 0.3 is 0 Å². The molecule has 1 unspecified atom stereocenters. The van der Waals surface area contributed by atoms with Gasteiger partial charge in [-0.1, -0.05) is 79.4 Å². The number of hydrogen-bond acceptors (Lipinski definition) is 1. The molecule has 0 heterocycles. The lowest BCUT2D eigenvalue weighted by molar-refractivity contribution is 0.402. The Hall–Kier alpha value is -1.86. The van der Waals surface area contributed by atoms with Crippen LogP contribution in [0.25, 0.3) is 0 Å². The quantitative estimate of drug-likeness (QED) is 0.728. The second-order valence-corrected chi connectivity index (χ2v) is 5.35. The monoisotopic (exact) mass is 265 g/mol. The van der Waals surface area contributed by atoms with Crippen molar-refractivity contribution < 1.29 is 0 Å². The smallest absolute Gasteiger partial charge is 0.0443 e. The third kappa shape index (κ3) is 4.07. The second-order valence-electron chi connectivity index (χ2n) is 5.35. The average Bonchev–Trinajstić information content (AvgIpc) is 2.49. The molecule has 0 aromatic heterocycles. The number of allylic oxidation sites excluding steroid dienone is 3. The zero-order valence-electron chi connectivity index (χ0n) is 12.0. The molecule has 1 aliphatic carbocycles. The van der Waals surface area contributed by atoms with Crippen molar-refractivity contribution in [3.05, 3.63) is 85.0 Å². The first-order valence-corrected chi connectivity index (χ1v) is 7.18. The highest BCUT2D eigenvalue weighted by Crippen LogP contribution is 2.23. The predicted molar refractivity (Wildman–Crippen MR) is 87.7 cm³/mol. The molecule has 0 amide bonds. The Balaban J connectivity index is 2.02. The van der Waals surface area contributed by atoms with Gasteiger partial charge in [-0.05, 0) is 31.4 Å². The van der Waals surface area contributed by atoms with Crippen molar-refractivity contribution in [3.8, 4) is 0 Å². The molecule has 1 aromatic rings. The molecule has 0 radical (unpaired) electrons. The fourth-order valence-corrected chi connectivity index (χ4v) is 2.52. The van der Waals surface area contributed by atoms with Crippen LogP contribution in [0.4, 0.5) is 0 Å². The zero-order valence-corrected chi connectivity index (χ0v) is 12.0. The van der Waals surface area contributed by atoms with Gasteiger partial charge in [-0.3, -0.25) is 0 Å². The molecule has 1 aliphatic rings. The molecule has 2 rings (SSSR count). The maximum absolute atomic E-state index is 3.97. The van der Waals surface area contributed by atoms with E-state index in [1.54, 1.807) is 0 Å². The maximum atomic E-state index is 3.97. The van der Waals surface area contributed by atoms with Crippen LogP contribution in [0, 0.1) is 0 Å². The molecule has 1 heteroatoms. The highest BCUT2D eigenvalue weighted by atomic mass is 15.0. The van der Waals surface area contributed by atoms with Gasteiger partial charge in [-0.25, -0.2) is 0 Å². The average molecular weight is 265 g/mol. The van der Waals surface area contributed by atoms with Crippen molar-refractivity contribution >= 4 is 0 Å². The lowest BCUT2D eigenvalue weighted by atomic mass is 9.84. The van der Waals surface area contributed by atoms with Crippen molar-refractivity contribution in [1.82, 2.24) is 5.32 Å². The van der Waals surface area contributed by atoms with Gasteiger partial charge in [0.25, 0.3) is 0 Å². The maximum Gasteiger partial charge on any atom is 0.0443 e. The fraction of sp³-hybridized carbons (Fsp3) is 0.263. The zero-order chi connectivity index (χ0) is 14.3. The van der Waals surface area contributed by atoms with Gasteiger partial charge in [0.15, 0.2) is 0 Å². The van der Waals surface area contributed by atoms with Crippen molar-refractivity contribution in [2.45, 2.75) is 24.8 Å². The standard InChI is InChI=1S/C19H23N/c1-3-17(2)12-15-20-19(13-8-5-9-14-19)16-18-10-6-4-7-11-18/h3-11,13,20H,1-2,12,14-16H2. The minimum Gasteiger partial charge on any atom is -0.307 e. The van der Waals surface area contributed by atoms with Crippen molar-refractivity contribution in [3.63, 3.8) is 0 Å². The topological polar surface area (TPSA) is 12.0 Å². The number of benzene rings is 1. The van der Waals surface area contributed by atoms with Crippen molar-refractivity contribution in [2.24, 2.45) is 0 Å². The SMILES string of the molecule is C=CC(=C)CCNC1(Cc2ccccc2)C=CC=CC1. The molecule has 0 aliphatic heterocycles. The highest BCUT2D eigenvalue weighted by molar-refractivity contribution is 5.27. The molecule has 0 fully saturated rings. The molecule has 0 bridgehead atoms. The summed E-state index contributed by atoms with van der Waals surface area (Å²) >= 11 is 0. The Bertz CT molecular complexity index is 510. The minimum atomic E-state index is 0.0254. The molecule has 1 nitrogen and oxygen atoms in total. The summed E-state index contributed by atoms with van der Waals surface area (Å²) in [7, 11) is 0. The molecular weight excluding hydrogens is 242 g/mol. The van der Waals surface area contributed by atoms with E-state index in [2.05, 4.69) is 73.1 Å². The van der Waals surface area contributed by atoms with Crippen LogP contribution in [-0.2, 0) is 6.42 Å². The molecular formula is C19H23N. The van der Waals surface area contributed by atoms with Crippen LogP contribution in [0.2, 0.25) is 0 Å². The first-order valence-electron chi connectivity index (χ1n) is 7.18. The van der Waals surface area contributed by atoms with Gasteiger partial charge in [-0.2, -0.15) is 0 Å². The third-order valence-electron chi connectivity index (χ3n) is 3.72. The molecule has 0 saturated heterocycles. The summed E-state index contributed by atoms with van der Waals surface area (Å²) < 4.78 is 0. The van der Waals surface area contributed by atoms with Gasteiger partial charge in [0, 0.05) is 5.54 Å². The van der Waals surface area contributed by atoms with Gasteiger partial charge in [0.2, 0.25) is 0 Å². The minimum absolute atomic E-state index is 0.0254. The molecule has 104 valence electrons. The van der Waals surface area contributed by atoms with Gasteiger partial charge in [0.1, 0.15) is 0 Å². The lowest BCUT2D eigenvalue weighted by Crippen LogP contribution is -2.46. The van der Waals surface area contributed by atoms with E-state index in [4.69, 9.17) is 0 Å². The Kier molecular flexibility index (Phi) is 5.14. The van der Waals surface area contributed by atoms with E-state index in [9.17, 15) is 0 Å². The van der Waals surface area contributed by atoms with Crippen molar-refractivity contribution in [2.75, 3.05) is 6.54 Å². The van der Waals surface area contributed by atoms with Crippen LogP contribution in [0.3, 0.4) is 0 Å². The highest BCUT2D eigenvalue weighted by Gasteiger charge is 2.26. The molecule has 0 spiro atoms. The summed E-state index contributed by atoms with van der Waals surface area (Å²) in [6.45, 7) is 8.66. The molecule has 1 aromatic carbocycles. The molecule has 1 atom stereocenters. The fourth-order valence-electron chi connectivity index (χ4n) is 2.52. The Labute approximate surface area is 122 Å². The van der Waals surface area contributed by atoms with Crippen LogP contribution in [0.1, 0.15) is 18.4 Å². The molecule has 1 N–H and O–H groups in total. The van der Waals surface area contributed by atoms with Gasteiger partial charge < -0.3 is 5.32 Å². The van der Waals surface area contributed by atoms with Gasteiger partial charge in [-0.15, -0.1) is 0 Å². The summed E-state index contributed by atoms with van der Waals surface area (Å²) in [5.74, 6) is 0. The van der Waals surface area contributed by atoms with E-state index < -0.39 is 0 Å². The predicted octanol–water partition coefficient (Wildman–Crippen LogP) is 4.21. The van der Waals surface area contributed by atoms with Crippen LogP contribution < -0.4 is 5.32 Å². The van der Waals surface area contributed by atoms with E-state index in [0.717, 1.165) is 31.4 Å². The van der Waals surface area contributed by atoms with Crippen LogP contribution in [0.5, 0.6) is 0 Å². The Morgan fingerprint density at radius 1 is 1.25 bits per heavy atom. The number of rotatable bonds is 7.